The maximum Gasteiger partial charge on any atom is 0.0470 e. The van der Waals surface area contributed by atoms with E-state index >= 15 is 0 Å². The first-order valence-corrected chi connectivity index (χ1v) is 21.2. The Hall–Kier alpha value is -8.20. The summed E-state index contributed by atoms with van der Waals surface area (Å²) in [4.78, 5) is 0. The molecule has 0 radical (unpaired) electrons. The summed E-state index contributed by atoms with van der Waals surface area (Å²) in [5, 5.41) is 7.49. The molecule has 294 valence electrons. The second kappa shape index (κ2) is 17.6. The smallest absolute Gasteiger partial charge is 0.0470 e. The third-order valence-electron chi connectivity index (χ3n) is 11.5. The van der Waals surface area contributed by atoms with Crippen LogP contribution < -0.4 is 10.6 Å². The molecule has 2 heteroatoms. The van der Waals surface area contributed by atoms with Crippen LogP contribution in [0.4, 0.5) is 22.7 Å². The van der Waals surface area contributed by atoms with Crippen LogP contribution in [0.15, 0.2) is 255 Å². The van der Waals surface area contributed by atoms with Gasteiger partial charge in [0, 0.05) is 28.3 Å². The molecular formula is C60H44N2. The molecule has 0 spiro atoms. The van der Waals surface area contributed by atoms with Crippen molar-refractivity contribution in [1.29, 1.82) is 0 Å². The Bertz CT molecular complexity index is 3020. The van der Waals surface area contributed by atoms with Crippen molar-refractivity contribution >= 4 is 22.7 Å². The molecule has 62 heavy (non-hydrogen) atoms. The predicted octanol–water partition coefficient (Wildman–Crippen LogP) is 16.8. The van der Waals surface area contributed by atoms with Gasteiger partial charge in [0.05, 0.1) is 0 Å². The topological polar surface area (TPSA) is 24.1 Å². The molecule has 10 aromatic rings. The van der Waals surface area contributed by atoms with Gasteiger partial charge in [-0.3, -0.25) is 0 Å². The highest BCUT2D eigenvalue weighted by atomic mass is 14.9. The summed E-state index contributed by atoms with van der Waals surface area (Å²) < 4.78 is 0. The van der Waals surface area contributed by atoms with Crippen LogP contribution in [0, 0.1) is 0 Å². The lowest BCUT2D eigenvalue weighted by atomic mass is 9.85. The van der Waals surface area contributed by atoms with E-state index in [9.17, 15) is 0 Å². The van der Waals surface area contributed by atoms with E-state index in [1.807, 2.05) is 0 Å². The van der Waals surface area contributed by atoms with Crippen LogP contribution >= 0.6 is 0 Å². The van der Waals surface area contributed by atoms with Gasteiger partial charge in [0.1, 0.15) is 0 Å². The van der Waals surface area contributed by atoms with Crippen molar-refractivity contribution in [2.75, 3.05) is 10.6 Å². The van der Waals surface area contributed by atoms with E-state index < -0.39 is 0 Å². The van der Waals surface area contributed by atoms with Crippen LogP contribution in [-0.2, 0) is 0 Å². The van der Waals surface area contributed by atoms with Gasteiger partial charge in [-0.25, -0.2) is 0 Å². The Morgan fingerprint density at radius 1 is 0.177 bits per heavy atom. The van der Waals surface area contributed by atoms with Crippen LogP contribution in [0.2, 0.25) is 0 Å². The van der Waals surface area contributed by atoms with E-state index in [2.05, 4.69) is 265 Å². The molecule has 0 aliphatic rings. The zero-order valence-corrected chi connectivity index (χ0v) is 34.2. The second-order valence-corrected chi connectivity index (χ2v) is 15.5. The van der Waals surface area contributed by atoms with Crippen molar-refractivity contribution in [3.05, 3.63) is 255 Å². The first-order chi connectivity index (χ1) is 30.7. The van der Waals surface area contributed by atoms with Gasteiger partial charge in [-0.15, -0.1) is 0 Å². The highest BCUT2D eigenvalue weighted by molar-refractivity contribution is 6.01. The zero-order chi connectivity index (χ0) is 41.5. The van der Waals surface area contributed by atoms with Crippen molar-refractivity contribution in [3.8, 4) is 77.9 Å². The van der Waals surface area contributed by atoms with Crippen molar-refractivity contribution in [1.82, 2.24) is 0 Å². The van der Waals surface area contributed by atoms with Crippen LogP contribution in [0.1, 0.15) is 0 Å². The van der Waals surface area contributed by atoms with E-state index in [0.717, 1.165) is 50.6 Å². The summed E-state index contributed by atoms with van der Waals surface area (Å²) in [5.41, 5.74) is 20.6. The maximum atomic E-state index is 3.86. The summed E-state index contributed by atoms with van der Waals surface area (Å²) in [6.07, 6.45) is 0. The Balaban J connectivity index is 1.07. The van der Waals surface area contributed by atoms with Gasteiger partial charge in [0.15, 0.2) is 0 Å². The van der Waals surface area contributed by atoms with Gasteiger partial charge in [-0.1, -0.05) is 212 Å². The number of benzene rings is 10. The summed E-state index contributed by atoms with van der Waals surface area (Å²) in [5.74, 6) is 0. The molecule has 0 amide bonds. The SMILES string of the molecule is c1ccc(-c2ccc(Nc3ccc(-c4ccc(Nc5ccc(-c6ccccc6)cc5)c(-c5ccc(-c6ccccc6)cc5)c4-c4ccc(-c5ccccc5)cc4)cc3)cc2)cc1. The Labute approximate surface area is 364 Å². The number of nitrogens with one attached hydrogen (secondary N) is 2. The minimum absolute atomic E-state index is 1.03. The minimum Gasteiger partial charge on any atom is -0.356 e. The molecule has 0 fully saturated rings. The van der Waals surface area contributed by atoms with Gasteiger partial charge in [0.25, 0.3) is 0 Å². The molecule has 0 heterocycles. The number of anilines is 4. The molecule has 0 saturated carbocycles. The van der Waals surface area contributed by atoms with E-state index in [4.69, 9.17) is 0 Å². The van der Waals surface area contributed by atoms with Crippen LogP contribution in [-0.4, -0.2) is 0 Å². The number of hydrogen-bond acceptors (Lipinski definition) is 2. The molecule has 0 unspecified atom stereocenters. The monoisotopic (exact) mass is 792 g/mol. The van der Waals surface area contributed by atoms with Crippen molar-refractivity contribution < 1.29 is 0 Å². The lowest BCUT2D eigenvalue weighted by Crippen LogP contribution is -1.99. The molecule has 0 aliphatic heterocycles. The van der Waals surface area contributed by atoms with Gasteiger partial charge in [-0.05, 0) is 115 Å². The second-order valence-electron chi connectivity index (χ2n) is 15.5. The molecule has 0 saturated heterocycles. The average Bonchev–Trinajstić information content (AvgIpc) is 3.36. The van der Waals surface area contributed by atoms with Crippen LogP contribution in [0.25, 0.3) is 77.9 Å². The Morgan fingerprint density at radius 3 is 0.823 bits per heavy atom. The third kappa shape index (κ3) is 8.31. The molecule has 0 aliphatic carbocycles. The zero-order valence-electron chi connectivity index (χ0n) is 34.2. The van der Waals surface area contributed by atoms with Crippen molar-refractivity contribution in [3.63, 3.8) is 0 Å². The molecule has 0 bridgehead atoms. The lowest BCUT2D eigenvalue weighted by molar-refractivity contribution is 1.50. The summed E-state index contributed by atoms with van der Waals surface area (Å²) in [7, 11) is 0. The average molecular weight is 793 g/mol. The van der Waals surface area contributed by atoms with Crippen molar-refractivity contribution in [2.24, 2.45) is 0 Å². The largest absolute Gasteiger partial charge is 0.356 e. The summed E-state index contributed by atoms with van der Waals surface area (Å²) >= 11 is 0. The standard InChI is InChI=1S/C60H44N2/c1-5-13-43(14-6-1)47-21-25-52(26-22-47)59-57(51-33-39-55(40-34-51)61-54-35-29-49(30-36-54)45-17-9-3-10-18-45)41-42-58(62-56-37-31-50(32-38-56)46-19-11-4-12-20-46)60(59)53-27-23-48(24-28-53)44-15-7-2-8-16-44/h1-42,61-62H. The quantitative estimate of drug-likeness (QED) is 0.136. The summed E-state index contributed by atoms with van der Waals surface area (Å²) in [6.45, 7) is 0. The molecule has 10 aromatic carbocycles. The highest BCUT2D eigenvalue weighted by Gasteiger charge is 2.20. The highest BCUT2D eigenvalue weighted by Crippen LogP contribution is 2.46. The van der Waals surface area contributed by atoms with Crippen LogP contribution in [0.3, 0.4) is 0 Å². The molecule has 2 nitrogen and oxygen atoms in total. The van der Waals surface area contributed by atoms with Crippen molar-refractivity contribution in [2.45, 2.75) is 0 Å². The third-order valence-corrected chi connectivity index (χ3v) is 11.5. The molecular weight excluding hydrogens is 749 g/mol. The molecule has 0 atom stereocenters. The van der Waals surface area contributed by atoms with Gasteiger partial charge in [-0.2, -0.15) is 0 Å². The van der Waals surface area contributed by atoms with E-state index in [-0.39, 0.29) is 0 Å². The molecule has 0 aromatic heterocycles. The summed E-state index contributed by atoms with van der Waals surface area (Å²) in [6, 6.07) is 90.9. The Morgan fingerprint density at radius 2 is 0.452 bits per heavy atom. The minimum atomic E-state index is 1.03. The molecule has 10 rings (SSSR count). The first-order valence-electron chi connectivity index (χ1n) is 21.2. The number of rotatable bonds is 11. The fourth-order valence-corrected chi connectivity index (χ4v) is 8.28. The van der Waals surface area contributed by atoms with Gasteiger partial charge in [0.2, 0.25) is 0 Å². The lowest BCUT2D eigenvalue weighted by Gasteiger charge is -2.22. The fraction of sp³-hybridized carbons (Fsp3) is 0. The van der Waals surface area contributed by atoms with Crippen LogP contribution in [0.5, 0.6) is 0 Å². The molecule has 2 N–H and O–H groups in total. The van der Waals surface area contributed by atoms with E-state index in [1.54, 1.807) is 0 Å². The van der Waals surface area contributed by atoms with Gasteiger partial charge < -0.3 is 10.6 Å². The Kier molecular flexibility index (Phi) is 10.8. The predicted molar refractivity (Wildman–Crippen MR) is 264 cm³/mol. The normalized spacial score (nSPS) is 10.9. The fourth-order valence-electron chi connectivity index (χ4n) is 8.28. The van der Waals surface area contributed by atoms with E-state index in [0.29, 0.717) is 0 Å². The van der Waals surface area contributed by atoms with E-state index in [1.165, 1.54) is 50.1 Å². The number of hydrogen-bond donors (Lipinski definition) is 2. The first kappa shape index (κ1) is 38.0. The van der Waals surface area contributed by atoms with Gasteiger partial charge >= 0.3 is 0 Å². The maximum absolute atomic E-state index is 3.86.